The molecule has 0 unspecified atom stereocenters. The molecule has 0 bridgehead atoms. The maximum Gasteiger partial charge on any atom is 0.130 e. The summed E-state index contributed by atoms with van der Waals surface area (Å²) in [6.07, 6.45) is 6.35. The topological polar surface area (TPSA) is 21.1 Å². The van der Waals surface area contributed by atoms with Gasteiger partial charge in [-0.25, -0.2) is 4.68 Å². The maximum absolute atomic E-state index is 4.40. The Labute approximate surface area is 84.3 Å². The van der Waals surface area contributed by atoms with E-state index in [9.17, 15) is 0 Å². The molecule has 14 heavy (non-hydrogen) atoms. The van der Waals surface area contributed by atoms with Gasteiger partial charge >= 0.3 is 0 Å². The lowest BCUT2D eigenvalue weighted by atomic mass is 10.2. The smallest absolute Gasteiger partial charge is 0.130 e. The number of aryl methyl sites for hydroxylation is 1. The Hall–Kier alpha value is -1.51. The van der Waals surface area contributed by atoms with Crippen LogP contribution in [0.15, 0.2) is 30.0 Å². The quantitative estimate of drug-likeness (QED) is 0.672. The van der Waals surface area contributed by atoms with Gasteiger partial charge in [-0.15, -0.1) is 0 Å². The third-order valence-corrected chi connectivity index (χ3v) is 2.39. The van der Waals surface area contributed by atoms with Crippen LogP contribution in [0.5, 0.6) is 0 Å². The number of allylic oxidation sites excluding steroid dienone is 2. The molecule has 0 saturated heterocycles. The molecular weight excluding hydrogens is 174 g/mol. The van der Waals surface area contributed by atoms with Crippen molar-refractivity contribution in [2.75, 3.05) is 13.6 Å². The fourth-order valence-electron chi connectivity index (χ4n) is 1.53. The van der Waals surface area contributed by atoms with Crippen LogP contribution in [0.25, 0.3) is 5.82 Å². The second kappa shape index (κ2) is 3.33. The number of aromatic nitrogens is 2. The van der Waals surface area contributed by atoms with Crippen molar-refractivity contribution in [3.8, 4) is 0 Å². The van der Waals surface area contributed by atoms with Crippen molar-refractivity contribution in [1.82, 2.24) is 14.7 Å². The molecule has 0 N–H and O–H groups in total. The van der Waals surface area contributed by atoms with Crippen LogP contribution in [0.1, 0.15) is 12.6 Å². The predicted molar refractivity (Wildman–Crippen MR) is 57.6 cm³/mol. The minimum Gasteiger partial charge on any atom is -0.356 e. The maximum atomic E-state index is 4.40. The number of likely N-dealkylation sites (N-methyl/N-ethyl adjacent to an activating group) is 1. The molecular formula is C11H15N3. The molecule has 1 aromatic rings. The van der Waals surface area contributed by atoms with Crippen molar-refractivity contribution in [1.29, 1.82) is 0 Å². The van der Waals surface area contributed by atoms with Crippen LogP contribution < -0.4 is 0 Å². The molecule has 1 aromatic heterocycles. The summed E-state index contributed by atoms with van der Waals surface area (Å²) in [5.41, 5.74) is 2.35. The highest BCUT2D eigenvalue weighted by molar-refractivity contribution is 5.50. The molecule has 0 saturated carbocycles. The SMILES string of the molecule is CC1=CCN(C)C(n2ccc(C)n2)=C1. The van der Waals surface area contributed by atoms with Crippen LogP contribution in [0, 0.1) is 6.92 Å². The van der Waals surface area contributed by atoms with E-state index < -0.39 is 0 Å². The van der Waals surface area contributed by atoms with Crippen LogP contribution in [-0.2, 0) is 0 Å². The molecule has 0 radical (unpaired) electrons. The summed E-state index contributed by atoms with van der Waals surface area (Å²) in [7, 11) is 2.08. The van der Waals surface area contributed by atoms with E-state index in [1.54, 1.807) is 0 Å². The molecule has 1 aliphatic heterocycles. The summed E-state index contributed by atoms with van der Waals surface area (Å²) >= 11 is 0. The molecule has 0 amide bonds. The summed E-state index contributed by atoms with van der Waals surface area (Å²) in [6, 6.07) is 2.02. The van der Waals surface area contributed by atoms with Gasteiger partial charge in [-0.3, -0.25) is 0 Å². The van der Waals surface area contributed by atoms with Gasteiger partial charge in [-0.05, 0) is 31.6 Å². The zero-order valence-electron chi connectivity index (χ0n) is 8.86. The Bertz CT molecular complexity index is 398. The highest BCUT2D eigenvalue weighted by Gasteiger charge is 2.10. The van der Waals surface area contributed by atoms with E-state index in [0.29, 0.717) is 0 Å². The van der Waals surface area contributed by atoms with E-state index in [2.05, 4.69) is 36.1 Å². The average Bonchev–Trinajstić information content (AvgIpc) is 2.56. The fourth-order valence-corrected chi connectivity index (χ4v) is 1.53. The number of nitrogens with zero attached hydrogens (tertiary/aromatic N) is 3. The van der Waals surface area contributed by atoms with Crippen LogP contribution in [0.3, 0.4) is 0 Å². The van der Waals surface area contributed by atoms with Gasteiger partial charge in [0.2, 0.25) is 0 Å². The first kappa shape index (κ1) is 9.06. The molecule has 1 aliphatic rings. The number of hydrogen-bond acceptors (Lipinski definition) is 2. The van der Waals surface area contributed by atoms with Gasteiger partial charge in [0.05, 0.1) is 5.69 Å². The molecule has 2 rings (SSSR count). The minimum atomic E-state index is 0.955. The summed E-state index contributed by atoms with van der Waals surface area (Å²) in [5.74, 6) is 1.14. The first-order valence-electron chi connectivity index (χ1n) is 4.79. The van der Waals surface area contributed by atoms with Gasteiger partial charge in [-0.1, -0.05) is 6.08 Å². The fraction of sp³-hybridized carbons (Fsp3) is 0.364. The first-order chi connectivity index (χ1) is 6.66. The van der Waals surface area contributed by atoms with Gasteiger partial charge < -0.3 is 4.90 Å². The third kappa shape index (κ3) is 1.58. The lowest BCUT2D eigenvalue weighted by Gasteiger charge is -2.24. The van der Waals surface area contributed by atoms with Crippen molar-refractivity contribution in [2.45, 2.75) is 13.8 Å². The van der Waals surface area contributed by atoms with E-state index in [0.717, 1.165) is 18.1 Å². The molecule has 0 atom stereocenters. The zero-order valence-corrected chi connectivity index (χ0v) is 8.86. The summed E-state index contributed by atoms with van der Waals surface area (Å²) in [5, 5.41) is 4.40. The van der Waals surface area contributed by atoms with Crippen LogP contribution in [0.4, 0.5) is 0 Å². The van der Waals surface area contributed by atoms with Crippen molar-refractivity contribution in [2.24, 2.45) is 0 Å². The molecule has 3 nitrogen and oxygen atoms in total. The van der Waals surface area contributed by atoms with E-state index >= 15 is 0 Å². The van der Waals surface area contributed by atoms with E-state index in [1.807, 2.05) is 23.9 Å². The molecule has 0 spiro atoms. The molecule has 2 heterocycles. The van der Waals surface area contributed by atoms with Gasteiger partial charge in [0, 0.05) is 19.8 Å². The average molecular weight is 189 g/mol. The lowest BCUT2D eigenvalue weighted by molar-refractivity contribution is 0.487. The van der Waals surface area contributed by atoms with E-state index in [4.69, 9.17) is 0 Å². The van der Waals surface area contributed by atoms with E-state index in [-0.39, 0.29) is 0 Å². The number of hydrogen-bond donors (Lipinski definition) is 0. The van der Waals surface area contributed by atoms with Crippen LogP contribution in [-0.4, -0.2) is 28.3 Å². The normalized spacial score (nSPS) is 16.6. The first-order valence-corrected chi connectivity index (χ1v) is 4.79. The van der Waals surface area contributed by atoms with Crippen molar-refractivity contribution in [3.63, 3.8) is 0 Å². The Morgan fingerprint density at radius 2 is 2.14 bits per heavy atom. The third-order valence-electron chi connectivity index (χ3n) is 2.39. The summed E-state index contributed by atoms with van der Waals surface area (Å²) in [4.78, 5) is 2.18. The molecule has 3 heteroatoms. The highest BCUT2D eigenvalue weighted by Crippen LogP contribution is 2.16. The van der Waals surface area contributed by atoms with Crippen molar-refractivity contribution >= 4 is 5.82 Å². The highest BCUT2D eigenvalue weighted by atomic mass is 15.4. The van der Waals surface area contributed by atoms with Crippen LogP contribution >= 0.6 is 0 Å². The predicted octanol–water partition coefficient (Wildman–Crippen LogP) is 1.88. The Morgan fingerprint density at radius 3 is 2.79 bits per heavy atom. The standard InChI is InChI=1S/C11H15N3/c1-9-4-6-13(3)11(8-9)14-7-5-10(2)12-14/h4-5,7-8H,6H2,1-3H3. The van der Waals surface area contributed by atoms with Gasteiger partial charge in [0.25, 0.3) is 0 Å². The second-order valence-electron chi connectivity index (χ2n) is 3.73. The molecule has 0 aromatic carbocycles. The monoisotopic (exact) mass is 189 g/mol. The Kier molecular flexibility index (Phi) is 2.15. The van der Waals surface area contributed by atoms with Crippen molar-refractivity contribution in [3.05, 3.63) is 35.7 Å². The number of rotatable bonds is 1. The van der Waals surface area contributed by atoms with Crippen molar-refractivity contribution < 1.29 is 0 Å². The largest absolute Gasteiger partial charge is 0.356 e. The zero-order chi connectivity index (χ0) is 10.1. The minimum absolute atomic E-state index is 0.955. The van der Waals surface area contributed by atoms with Gasteiger partial charge in [-0.2, -0.15) is 5.10 Å². The second-order valence-corrected chi connectivity index (χ2v) is 3.73. The summed E-state index contributed by atoms with van der Waals surface area (Å²) in [6.45, 7) is 5.07. The Balaban J connectivity index is 2.37. The molecule has 74 valence electrons. The summed E-state index contributed by atoms with van der Waals surface area (Å²) < 4.78 is 1.92. The van der Waals surface area contributed by atoms with E-state index in [1.165, 1.54) is 5.57 Å². The van der Waals surface area contributed by atoms with Gasteiger partial charge in [0.1, 0.15) is 5.82 Å². The molecule has 0 fully saturated rings. The lowest BCUT2D eigenvalue weighted by Crippen LogP contribution is -2.23. The Morgan fingerprint density at radius 1 is 1.36 bits per heavy atom. The van der Waals surface area contributed by atoms with Crippen LogP contribution in [0.2, 0.25) is 0 Å². The van der Waals surface area contributed by atoms with Gasteiger partial charge in [0.15, 0.2) is 0 Å². The molecule has 0 aliphatic carbocycles.